The molecule has 40 heavy (non-hydrogen) atoms. The molecule has 1 saturated carbocycles. The Morgan fingerprint density at radius 3 is 2.55 bits per heavy atom. The van der Waals surface area contributed by atoms with Crippen LogP contribution in [0.4, 0.5) is 19.0 Å². The minimum atomic E-state index is -3.28. The number of aryl methyl sites for hydroxylation is 1. The van der Waals surface area contributed by atoms with Crippen molar-refractivity contribution in [1.29, 1.82) is 5.26 Å². The van der Waals surface area contributed by atoms with Crippen molar-refractivity contribution in [2.75, 3.05) is 25.5 Å². The maximum atomic E-state index is 15.7. The molecule has 1 atom stereocenters. The second kappa shape index (κ2) is 10.5. The molecule has 212 valence electrons. The molecular weight excluding hydrogens is 517 g/mol. The molecule has 3 heterocycles. The van der Waals surface area contributed by atoms with Gasteiger partial charge in [-0.2, -0.15) is 10.2 Å². The number of alkyl halides is 2. The van der Waals surface area contributed by atoms with E-state index >= 15 is 13.2 Å². The van der Waals surface area contributed by atoms with E-state index in [0.717, 1.165) is 13.1 Å². The second-order valence-electron chi connectivity index (χ2n) is 11.5. The van der Waals surface area contributed by atoms with Crippen LogP contribution in [0.25, 0.3) is 11.0 Å². The number of pyridine rings is 1. The summed E-state index contributed by atoms with van der Waals surface area (Å²) in [7, 11) is 1.50. The molecule has 1 aliphatic carbocycles. The smallest absolute Gasteiger partial charge is 0.276 e. The number of anilines is 1. The van der Waals surface area contributed by atoms with E-state index in [2.05, 4.69) is 45.1 Å². The van der Waals surface area contributed by atoms with E-state index in [9.17, 15) is 5.26 Å². The molecule has 1 N–H and O–H groups in total. The number of likely N-dealkylation sites (tertiary alicyclic amines) is 1. The van der Waals surface area contributed by atoms with E-state index in [-0.39, 0.29) is 11.5 Å². The lowest BCUT2D eigenvalue weighted by molar-refractivity contribution is -0.0346. The number of aromatic nitrogens is 3. The van der Waals surface area contributed by atoms with Crippen molar-refractivity contribution in [1.82, 2.24) is 19.9 Å². The lowest BCUT2D eigenvalue weighted by Gasteiger charge is -2.42. The Labute approximate surface area is 232 Å². The summed E-state index contributed by atoms with van der Waals surface area (Å²) in [6, 6.07) is 8.04. The first kappa shape index (κ1) is 28.1. The Kier molecular flexibility index (Phi) is 7.38. The molecule has 0 spiro atoms. The van der Waals surface area contributed by atoms with Crippen LogP contribution in [0, 0.1) is 30.0 Å². The molecule has 3 aromatic rings. The number of nitriles is 1. The topological polar surface area (TPSA) is 87.0 Å². The van der Waals surface area contributed by atoms with Crippen molar-refractivity contribution < 1.29 is 17.9 Å². The highest BCUT2D eigenvalue weighted by molar-refractivity contribution is 5.88. The monoisotopic (exact) mass is 552 g/mol. The molecule has 0 bridgehead atoms. The normalized spacial score (nSPS) is 17.9. The SMILES string of the molecule is COc1nc2nc(C)nc(N[C@H](C)c3cccc(C(F)(F)CCC4CN(C(C)C)C4)c3F)c2cc1C1(C#N)CC1. The van der Waals surface area contributed by atoms with Gasteiger partial charge in [-0.3, -0.25) is 0 Å². The number of halogens is 3. The Morgan fingerprint density at radius 1 is 1.20 bits per heavy atom. The van der Waals surface area contributed by atoms with Gasteiger partial charge in [0.25, 0.3) is 5.92 Å². The number of fused-ring (bicyclic) bond motifs is 1. The highest BCUT2D eigenvalue weighted by Gasteiger charge is 2.48. The first-order valence-electron chi connectivity index (χ1n) is 13.8. The number of rotatable bonds is 10. The quantitative estimate of drug-likeness (QED) is 0.311. The molecule has 10 heteroatoms. The van der Waals surface area contributed by atoms with Gasteiger partial charge in [0.15, 0.2) is 5.65 Å². The fourth-order valence-corrected chi connectivity index (χ4v) is 5.51. The summed E-state index contributed by atoms with van der Waals surface area (Å²) < 4.78 is 51.6. The van der Waals surface area contributed by atoms with Crippen molar-refractivity contribution in [3.63, 3.8) is 0 Å². The van der Waals surface area contributed by atoms with Gasteiger partial charge in [-0.05, 0) is 58.9 Å². The zero-order valence-corrected chi connectivity index (χ0v) is 23.6. The first-order valence-corrected chi connectivity index (χ1v) is 13.8. The fraction of sp³-hybridized carbons (Fsp3) is 0.533. The van der Waals surface area contributed by atoms with E-state index in [1.54, 1.807) is 19.9 Å². The number of ether oxygens (including phenoxy) is 1. The van der Waals surface area contributed by atoms with Crippen LogP contribution in [0.5, 0.6) is 5.88 Å². The van der Waals surface area contributed by atoms with Crippen LogP contribution in [-0.4, -0.2) is 46.1 Å². The highest BCUT2D eigenvalue weighted by Crippen LogP contribution is 2.51. The van der Waals surface area contributed by atoms with Gasteiger partial charge in [-0.1, -0.05) is 18.2 Å². The lowest BCUT2D eigenvalue weighted by atomic mass is 9.89. The summed E-state index contributed by atoms with van der Waals surface area (Å²) in [6.07, 6.45) is 1.35. The molecule has 7 nitrogen and oxygen atoms in total. The predicted octanol–water partition coefficient (Wildman–Crippen LogP) is 6.42. The molecule has 1 aromatic carbocycles. The van der Waals surface area contributed by atoms with Crippen LogP contribution in [0.1, 0.15) is 75.0 Å². The van der Waals surface area contributed by atoms with Crippen LogP contribution in [-0.2, 0) is 11.3 Å². The summed E-state index contributed by atoms with van der Waals surface area (Å²) in [5.74, 6) is -2.83. The van der Waals surface area contributed by atoms with E-state index in [4.69, 9.17) is 4.74 Å². The Morgan fingerprint density at radius 2 is 1.93 bits per heavy atom. The number of nitrogens with zero attached hydrogens (tertiary/aromatic N) is 5. The van der Waals surface area contributed by atoms with Crippen LogP contribution in [0.2, 0.25) is 0 Å². The summed E-state index contributed by atoms with van der Waals surface area (Å²) in [5.41, 5.74) is -0.110. The third-order valence-corrected chi connectivity index (χ3v) is 8.26. The number of hydrogen-bond acceptors (Lipinski definition) is 7. The predicted molar refractivity (Wildman–Crippen MR) is 147 cm³/mol. The molecule has 1 saturated heterocycles. The van der Waals surface area contributed by atoms with Gasteiger partial charge in [0.05, 0.1) is 35.6 Å². The molecule has 1 aliphatic heterocycles. The van der Waals surface area contributed by atoms with E-state index in [1.807, 2.05) is 0 Å². The molecular formula is C30H35F3N6O. The van der Waals surface area contributed by atoms with E-state index in [1.165, 1.54) is 25.3 Å². The largest absolute Gasteiger partial charge is 0.481 e. The third-order valence-electron chi connectivity index (χ3n) is 8.26. The molecule has 2 fully saturated rings. The van der Waals surface area contributed by atoms with E-state index in [0.29, 0.717) is 59.4 Å². The van der Waals surface area contributed by atoms with Crippen molar-refractivity contribution in [3.8, 4) is 11.9 Å². The van der Waals surface area contributed by atoms with Crippen molar-refractivity contribution in [3.05, 3.63) is 52.6 Å². The van der Waals surface area contributed by atoms with Crippen LogP contribution >= 0.6 is 0 Å². The molecule has 5 rings (SSSR count). The van der Waals surface area contributed by atoms with Crippen LogP contribution < -0.4 is 10.1 Å². The summed E-state index contributed by atoms with van der Waals surface area (Å²) >= 11 is 0. The van der Waals surface area contributed by atoms with Crippen LogP contribution in [0.3, 0.4) is 0 Å². The van der Waals surface area contributed by atoms with Gasteiger partial charge >= 0.3 is 0 Å². The first-order chi connectivity index (χ1) is 19.0. The summed E-state index contributed by atoms with van der Waals surface area (Å²) in [6.45, 7) is 9.21. The molecule has 2 aliphatic rings. The molecule has 0 amide bonds. The average Bonchev–Trinajstić information content (AvgIpc) is 3.67. The Bertz CT molecular complexity index is 1460. The highest BCUT2D eigenvalue weighted by atomic mass is 19.3. The van der Waals surface area contributed by atoms with Gasteiger partial charge in [0.1, 0.15) is 17.5 Å². The number of nitrogens with one attached hydrogen (secondary N) is 1. The van der Waals surface area contributed by atoms with Gasteiger partial charge < -0.3 is 15.0 Å². The van der Waals surface area contributed by atoms with Crippen molar-refractivity contribution >= 4 is 16.9 Å². The fourth-order valence-electron chi connectivity index (χ4n) is 5.51. The Hall–Kier alpha value is -3.45. The molecule has 2 aromatic heterocycles. The average molecular weight is 553 g/mol. The maximum Gasteiger partial charge on any atom is 0.276 e. The number of hydrogen-bond donors (Lipinski definition) is 1. The number of benzene rings is 1. The van der Waals surface area contributed by atoms with Crippen molar-refractivity contribution in [2.45, 2.75) is 76.8 Å². The van der Waals surface area contributed by atoms with Crippen LogP contribution in [0.15, 0.2) is 24.3 Å². The minimum absolute atomic E-state index is 0.119. The number of methoxy groups -OCH3 is 1. The van der Waals surface area contributed by atoms with E-state index < -0.39 is 35.2 Å². The molecule has 0 unspecified atom stereocenters. The van der Waals surface area contributed by atoms with Gasteiger partial charge in [0.2, 0.25) is 5.88 Å². The standard InChI is InChI=1S/C30H35F3N6O/c1-17(2)39-14-20(15-39)9-10-30(32,33)23-8-6-7-21(25(23)31)18(3)35-26-22-13-24(29(16-34)11-12-29)28(40-5)38-27(22)37-19(4)36-26/h6-8,13,17-18,20H,9-12,14-15H2,1-5H3,(H,35,36,37,38)/t18-/m1/s1. The summed E-state index contributed by atoms with van der Waals surface area (Å²) in [4.78, 5) is 15.7. The third kappa shape index (κ3) is 5.19. The Balaban J connectivity index is 1.40. The van der Waals surface area contributed by atoms with Gasteiger partial charge in [-0.25, -0.2) is 23.1 Å². The maximum absolute atomic E-state index is 15.7. The lowest BCUT2D eigenvalue weighted by Crippen LogP contribution is -2.50. The van der Waals surface area contributed by atoms with Gasteiger partial charge in [-0.15, -0.1) is 0 Å². The molecule has 0 radical (unpaired) electrons. The zero-order chi connectivity index (χ0) is 28.8. The second-order valence-corrected chi connectivity index (χ2v) is 11.5. The van der Waals surface area contributed by atoms with Gasteiger partial charge in [0, 0.05) is 36.7 Å². The van der Waals surface area contributed by atoms with Crippen molar-refractivity contribution in [2.24, 2.45) is 5.92 Å². The minimum Gasteiger partial charge on any atom is -0.481 e. The zero-order valence-electron chi connectivity index (χ0n) is 23.6. The summed E-state index contributed by atoms with van der Waals surface area (Å²) in [5, 5.41) is 13.5.